The third-order valence-corrected chi connectivity index (χ3v) is 8.80. The Balaban J connectivity index is 0.00000192. The van der Waals surface area contributed by atoms with Crippen LogP contribution in [0.25, 0.3) is 32.4 Å². The van der Waals surface area contributed by atoms with Crippen molar-refractivity contribution in [3.63, 3.8) is 0 Å². The molecule has 0 unspecified atom stereocenters. The average molecular weight is 752 g/mol. The number of rotatable bonds is 8. The fraction of sp³-hybridized carbons (Fsp3) is 0.0667. The van der Waals surface area contributed by atoms with E-state index in [1.165, 1.54) is 9.92 Å². The SMILES string of the molecule is Br.C[n+]1c(-c2ccc(/C=N/Nc3ccnc(N/N=C/c4ccc(-c5cn6ccsc6[n+]5C)cc4)n3)cc2)cn2ccsc21.[Br-]. The lowest BCUT2D eigenvalue weighted by atomic mass is 10.1. The fourth-order valence-corrected chi connectivity index (χ4v) is 6.35. The number of hydrogen-bond acceptors (Lipinski definition) is 8. The van der Waals surface area contributed by atoms with Crippen LogP contribution in [0.15, 0.2) is 107 Å². The zero-order chi connectivity index (χ0) is 28.5. The standard InChI is InChI=1S/C30H26N10S2.2BrH/c1-37-25(19-39-13-15-41-29(37)39)23-7-3-21(4-8-23)17-32-35-27-11-12-31-28(34-27)36-33-18-22-5-9-24(10-6-22)26-20-40-14-16-42-30(40)38(26)2;;/h3-20H,1-2H3,(H2,31,34,35,36);2*1H/q+2;;/p-1/b32-17+,33-18+;;. The molecule has 2 aromatic carbocycles. The second-order valence-corrected chi connectivity index (χ2v) is 11.3. The summed E-state index contributed by atoms with van der Waals surface area (Å²) in [6.45, 7) is 0. The zero-order valence-electron chi connectivity index (χ0n) is 23.6. The molecule has 0 spiro atoms. The Kier molecular flexibility index (Phi) is 9.64. The largest absolute Gasteiger partial charge is 1.00 e. The molecule has 0 radical (unpaired) electrons. The van der Waals surface area contributed by atoms with E-state index in [2.05, 4.69) is 123 Å². The van der Waals surface area contributed by atoms with Crippen molar-refractivity contribution in [2.24, 2.45) is 24.3 Å². The summed E-state index contributed by atoms with van der Waals surface area (Å²) in [6.07, 6.45) is 13.6. The summed E-state index contributed by atoms with van der Waals surface area (Å²) in [7, 11) is 4.17. The molecule has 0 aliphatic heterocycles. The van der Waals surface area contributed by atoms with Gasteiger partial charge in [0.05, 0.1) is 26.5 Å². The Morgan fingerprint density at radius 2 is 1.23 bits per heavy atom. The number of hydrogen-bond donors (Lipinski definition) is 2. The van der Waals surface area contributed by atoms with Crippen molar-refractivity contribution in [1.29, 1.82) is 0 Å². The summed E-state index contributed by atoms with van der Waals surface area (Å²) in [6, 6.07) is 18.3. The van der Waals surface area contributed by atoms with Gasteiger partial charge in [-0.15, -0.1) is 17.0 Å². The number of thiazole rings is 2. The van der Waals surface area contributed by atoms with Gasteiger partial charge in [0.2, 0.25) is 5.95 Å². The summed E-state index contributed by atoms with van der Waals surface area (Å²) in [5.74, 6) is 0.926. The first kappa shape index (κ1) is 31.2. The molecule has 0 amide bonds. The molecule has 0 saturated carbocycles. The number of aryl methyl sites for hydroxylation is 2. The number of anilines is 2. The minimum Gasteiger partial charge on any atom is -1.00 e. The van der Waals surface area contributed by atoms with Gasteiger partial charge in [-0.05, 0) is 35.4 Å². The van der Waals surface area contributed by atoms with Crippen LogP contribution in [-0.4, -0.2) is 31.2 Å². The molecule has 2 N–H and O–H groups in total. The zero-order valence-corrected chi connectivity index (χ0v) is 28.5. The number of benzene rings is 2. The van der Waals surface area contributed by atoms with Crippen LogP contribution < -0.4 is 37.0 Å². The van der Waals surface area contributed by atoms with E-state index in [1.54, 1.807) is 47.4 Å². The summed E-state index contributed by atoms with van der Waals surface area (Å²) >= 11 is 3.44. The van der Waals surface area contributed by atoms with Crippen LogP contribution in [0, 0.1) is 0 Å². The maximum Gasteiger partial charge on any atom is 0.345 e. The van der Waals surface area contributed by atoms with Crippen molar-refractivity contribution < 1.29 is 26.1 Å². The lowest BCUT2D eigenvalue weighted by molar-refractivity contribution is -0.631. The molecule has 7 rings (SSSR count). The average Bonchev–Trinajstić information content (AvgIpc) is 3.79. The summed E-state index contributed by atoms with van der Waals surface area (Å²) < 4.78 is 8.67. The van der Waals surface area contributed by atoms with Crippen LogP contribution in [0.3, 0.4) is 0 Å². The molecule has 7 aromatic rings. The van der Waals surface area contributed by atoms with E-state index in [1.807, 2.05) is 24.3 Å². The highest BCUT2D eigenvalue weighted by Gasteiger charge is 2.17. The topological polar surface area (TPSA) is 91.1 Å². The number of halogens is 2. The molecular weight excluding hydrogens is 724 g/mol. The van der Waals surface area contributed by atoms with Crippen LogP contribution in [0.2, 0.25) is 0 Å². The first-order valence-corrected chi connectivity index (χ1v) is 14.9. The maximum atomic E-state index is 4.42. The molecule has 222 valence electrons. The van der Waals surface area contributed by atoms with E-state index in [-0.39, 0.29) is 34.0 Å². The molecule has 0 aliphatic rings. The number of hydrazone groups is 2. The summed E-state index contributed by atoms with van der Waals surface area (Å²) in [5, 5.41) is 12.8. The van der Waals surface area contributed by atoms with Gasteiger partial charge in [0.1, 0.15) is 24.8 Å². The van der Waals surface area contributed by atoms with E-state index < -0.39 is 0 Å². The van der Waals surface area contributed by atoms with Crippen molar-refractivity contribution in [2.75, 3.05) is 10.9 Å². The van der Waals surface area contributed by atoms with Gasteiger partial charge in [-0.3, -0.25) is 5.43 Å². The molecule has 5 aromatic heterocycles. The second-order valence-electron chi connectivity index (χ2n) is 9.58. The van der Waals surface area contributed by atoms with Crippen molar-refractivity contribution in [2.45, 2.75) is 0 Å². The predicted octanol–water partition coefficient (Wildman–Crippen LogP) is 2.56. The number of aromatic nitrogens is 6. The van der Waals surface area contributed by atoms with Gasteiger partial charge in [0.15, 0.2) is 17.2 Å². The van der Waals surface area contributed by atoms with Gasteiger partial charge in [-0.25, -0.2) is 19.5 Å². The van der Waals surface area contributed by atoms with Crippen LogP contribution in [0.4, 0.5) is 11.8 Å². The van der Waals surface area contributed by atoms with Gasteiger partial charge in [0, 0.05) is 34.2 Å². The highest BCUT2D eigenvalue weighted by Crippen LogP contribution is 2.21. The van der Waals surface area contributed by atoms with Crippen LogP contribution in [0.1, 0.15) is 11.1 Å². The molecule has 0 bridgehead atoms. The second kappa shape index (κ2) is 13.6. The van der Waals surface area contributed by atoms with Crippen molar-refractivity contribution in [1.82, 2.24) is 18.8 Å². The molecule has 0 aliphatic carbocycles. The van der Waals surface area contributed by atoms with E-state index in [4.69, 9.17) is 0 Å². The summed E-state index contributed by atoms with van der Waals surface area (Å²) in [5.41, 5.74) is 12.4. The molecular formula is C30H27Br2N10S2+. The van der Waals surface area contributed by atoms with E-state index in [0.29, 0.717) is 11.8 Å². The molecule has 10 nitrogen and oxygen atoms in total. The minimum absolute atomic E-state index is 0. The minimum atomic E-state index is 0. The van der Waals surface area contributed by atoms with Crippen molar-refractivity contribution in [3.05, 3.63) is 107 Å². The fourth-order valence-electron chi connectivity index (χ4n) is 4.74. The monoisotopic (exact) mass is 749 g/mol. The van der Waals surface area contributed by atoms with Gasteiger partial charge in [-0.2, -0.15) is 24.0 Å². The molecule has 0 saturated heterocycles. The normalized spacial score (nSPS) is 11.3. The van der Waals surface area contributed by atoms with Crippen LogP contribution >= 0.6 is 39.7 Å². The summed E-state index contributed by atoms with van der Waals surface area (Å²) in [4.78, 5) is 11.1. The Morgan fingerprint density at radius 1 is 0.727 bits per heavy atom. The van der Waals surface area contributed by atoms with Gasteiger partial charge < -0.3 is 17.0 Å². The maximum absolute atomic E-state index is 4.42. The van der Waals surface area contributed by atoms with Crippen molar-refractivity contribution in [3.8, 4) is 22.5 Å². The van der Waals surface area contributed by atoms with Gasteiger partial charge in [-0.1, -0.05) is 46.9 Å². The highest BCUT2D eigenvalue weighted by atomic mass is 79.9. The van der Waals surface area contributed by atoms with E-state index in [0.717, 1.165) is 33.6 Å². The predicted molar refractivity (Wildman–Crippen MR) is 179 cm³/mol. The van der Waals surface area contributed by atoms with E-state index >= 15 is 0 Å². The number of nitrogens with zero attached hydrogens (tertiary/aromatic N) is 8. The third kappa shape index (κ3) is 6.33. The number of nitrogens with one attached hydrogen (secondary N) is 2. The molecule has 5 heterocycles. The highest BCUT2D eigenvalue weighted by molar-refractivity contribution is 8.93. The first-order valence-electron chi connectivity index (χ1n) is 13.1. The van der Waals surface area contributed by atoms with Crippen molar-refractivity contribution >= 4 is 73.8 Å². The lowest BCUT2D eigenvalue weighted by Crippen LogP contribution is -3.00. The van der Waals surface area contributed by atoms with Gasteiger partial charge in [0.25, 0.3) is 0 Å². The molecule has 0 atom stereocenters. The lowest BCUT2D eigenvalue weighted by Gasteiger charge is -2.02. The smallest absolute Gasteiger partial charge is 0.345 e. The Hall–Kier alpha value is -4.24. The number of imidazole rings is 2. The van der Waals surface area contributed by atoms with Crippen LogP contribution in [0.5, 0.6) is 0 Å². The Morgan fingerprint density at radius 3 is 1.73 bits per heavy atom. The first-order chi connectivity index (χ1) is 20.6. The molecule has 0 fully saturated rings. The third-order valence-electron chi connectivity index (χ3n) is 6.89. The van der Waals surface area contributed by atoms with Crippen LogP contribution in [-0.2, 0) is 14.1 Å². The quantitative estimate of drug-likeness (QED) is 0.142. The van der Waals surface area contributed by atoms with Gasteiger partial charge >= 0.3 is 9.92 Å². The van der Waals surface area contributed by atoms with E-state index in [9.17, 15) is 0 Å². The number of fused-ring (bicyclic) bond motifs is 2. The Bertz CT molecular complexity index is 1930. The molecule has 14 heteroatoms. The Labute approximate surface area is 282 Å². The molecule has 44 heavy (non-hydrogen) atoms.